The number of hydrogen-bond acceptors (Lipinski definition) is 4. The summed E-state index contributed by atoms with van der Waals surface area (Å²) in [5.74, 6) is -1.46. The van der Waals surface area contributed by atoms with E-state index in [0.29, 0.717) is 9.80 Å². The molecule has 8 heteroatoms. The van der Waals surface area contributed by atoms with E-state index in [9.17, 15) is 19.2 Å². The number of imide groups is 2. The van der Waals surface area contributed by atoms with Crippen LogP contribution in [0.2, 0.25) is 0 Å². The summed E-state index contributed by atoms with van der Waals surface area (Å²) < 4.78 is 0. The first-order valence-electron chi connectivity index (χ1n) is 6.44. The standard InChI is InChI=1S/C13H22N2O6/c1-8(2)13(5,6-14(9(3)16)11(18)19)7-15(10(4)17)12(20)21/h8H,6-7H2,1-5H3,(H,18,19)(H,20,21). The monoisotopic (exact) mass is 302 g/mol. The SMILES string of the molecule is CC(=O)N(CC(C)(CN(C(C)=O)C(=O)O)C(C)C)C(=O)O. The number of hydrogen-bond donors (Lipinski definition) is 2. The summed E-state index contributed by atoms with van der Waals surface area (Å²) in [5.41, 5.74) is -0.881. The van der Waals surface area contributed by atoms with E-state index in [1.807, 2.05) is 0 Å². The third-order valence-electron chi connectivity index (χ3n) is 3.65. The quantitative estimate of drug-likeness (QED) is 0.798. The van der Waals surface area contributed by atoms with Crippen LogP contribution in [-0.2, 0) is 9.59 Å². The minimum atomic E-state index is -1.40. The molecule has 21 heavy (non-hydrogen) atoms. The van der Waals surface area contributed by atoms with Crippen LogP contribution in [0.3, 0.4) is 0 Å². The molecule has 0 saturated heterocycles. The Bertz CT molecular complexity index is 384. The maximum atomic E-state index is 11.4. The molecular formula is C13H22N2O6. The highest BCUT2D eigenvalue weighted by Crippen LogP contribution is 2.30. The Morgan fingerprint density at radius 1 is 0.905 bits per heavy atom. The van der Waals surface area contributed by atoms with Crippen molar-refractivity contribution in [3.63, 3.8) is 0 Å². The van der Waals surface area contributed by atoms with Crippen molar-refractivity contribution in [3.05, 3.63) is 0 Å². The molecule has 8 nitrogen and oxygen atoms in total. The van der Waals surface area contributed by atoms with Crippen molar-refractivity contribution < 1.29 is 29.4 Å². The van der Waals surface area contributed by atoms with Gasteiger partial charge in [-0.05, 0) is 5.92 Å². The molecule has 0 bridgehead atoms. The molecule has 120 valence electrons. The molecule has 0 aliphatic rings. The van der Waals surface area contributed by atoms with E-state index >= 15 is 0 Å². The lowest BCUT2D eigenvalue weighted by Crippen LogP contribution is -2.51. The molecule has 4 amide bonds. The summed E-state index contributed by atoms with van der Waals surface area (Å²) in [4.78, 5) is 46.2. The van der Waals surface area contributed by atoms with Gasteiger partial charge in [-0.2, -0.15) is 0 Å². The molecule has 0 heterocycles. The smallest absolute Gasteiger partial charge is 0.414 e. The van der Waals surface area contributed by atoms with Crippen molar-refractivity contribution in [2.45, 2.75) is 34.6 Å². The van der Waals surface area contributed by atoms with E-state index in [-0.39, 0.29) is 19.0 Å². The molecule has 0 aromatic heterocycles. The maximum absolute atomic E-state index is 11.4. The van der Waals surface area contributed by atoms with Crippen LogP contribution < -0.4 is 0 Å². The summed E-state index contributed by atoms with van der Waals surface area (Å²) in [6.45, 7) is 7.07. The molecule has 0 saturated carbocycles. The molecule has 0 aromatic carbocycles. The predicted molar refractivity (Wildman–Crippen MR) is 73.8 cm³/mol. The molecule has 0 atom stereocenters. The van der Waals surface area contributed by atoms with Gasteiger partial charge in [-0.15, -0.1) is 0 Å². The lowest BCUT2D eigenvalue weighted by Gasteiger charge is -2.38. The zero-order chi connectivity index (χ0) is 17.0. The van der Waals surface area contributed by atoms with Gasteiger partial charge in [-0.1, -0.05) is 20.8 Å². The van der Waals surface area contributed by atoms with E-state index in [1.165, 1.54) is 0 Å². The second-order valence-corrected chi connectivity index (χ2v) is 5.58. The molecule has 0 aromatic rings. The number of nitrogens with zero attached hydrogens (tertiary/aromatic N) is 2. The average molecular weight is 302 g/mol. The van der Waals surface area contributed by atoms with Gasteiger partial charge in [0.15, 0.2) is 0 Å². The second-order valence-electron chi connectivity index (χ2n) is 5.58. The van der Waals surface area contributed by atoms with Gasteiger partial charge in [0.05, 0.1) is 0 Å². The summed E-state index contributed by atoms with van der Waals surface area (Å²) in [5, 5.41) is 18.1. The van der Waals surface area contributed by atoms with Crippen LogP contribution in [0.25, 0.3) is 0 Å². The molecule has 0 fully saturated rings. The summed E-state index contributed by atoms with van der Waals surface area (Å²) in [6, 6.07) is 0. The van der Waals surface area contributed by atoms with Crippen LogP contribution in [0.15, 0.2) is 0 Å². The van der Waals surface area contributed by atoms with Crippen LogP contribution in [0.1, 0.15) is 34.6 Å². The number of rotatable bonds is 5. The molecule has 0 rings (SSSR count). The number of amides is 4. The predicted octanol–water partition coefficient (Wildman–Crippen LogP) is 1.70. The Morgan fingerprint density at radius 3 is 1.33 bits per heavy atom. The van der Waals surface area contributed by atoms with Gasteiger partial charge < -0.3 is 10.2 Å². The highest BCUT2D eigenvalue weighted by molar-refractivity contribution is 5.90. The van der Waals surface area contributed by atoms with Crippen LogP contribution in [-0.4, -0.2) is 57.1 Å². The first-order valence-corrected chi connectivity index (χ1v) is 6.44. The number of carboxylic acid groups (broad SMARTS) is 2. The normalized spacial score (nSPS) is 11.1. The van der Waals surface area contributed by atoms with E-state index in [4.69, 9.17) is 10.2 Å². The fraction of sp³-hybridized carbons (Fsp3) is 0.692. The molecule has 0 aliphatic heterocycles. The second kappa shape index (κ2) is 7.05. The van der Waals surface area contributed by atoms with Gasteiger partial charge in [0.1, 0.15) is 0 Å². The largest absolute Gasteiger partial charge is 0.465 e. The molecular weight excluding hydrogens is 280 g/mol. The first-order chi connectivity index (χ1) is 9.42. The van der Waals surface area contributed by atoms with Gasteiger partial charge in [-0.25, -0.2) is 19.4 Å². The molecule has 0 unspecified atom stereocenters. The molecule has 2 N–H and O–H groups in total. The van der Waals surface area contributed by atoms with Crippen LogP contribution in [0, 0.1) is 11.3 Å². The van der Waals surface area contributed by atoms with Crippen molar-refractivity contribution in [1.82, 2.24) is 9.80 Å². The van der Waals surface area contributed by atoms with Crippen molar-refractivity contribution in [1.29, 1.82) is 0 Å². The minimum absolute atomic E-state index is 0.153. The first kappa shape index (κ1) is 18.9. The van der Waals surface area contributed by atoms with Crippen molar-refractivity contribution in [2.75, 3.05) is 13.1 Å². The van der Waals surface area contributed by atoms with Crippen molar-refractivity contribution in [2.24, 2.45) is 11.3 Å². The van der Waals surface area contributed by atoms with E-state index < -0.39 is 29.4 Å². The Labute approximate surface area is 123 Å². The Morgan fingerprint density at radius 2 is 1.19 bits per heavy atom. The highest BCUT2D eigenvalue weighted by Gasteiger charge is 2.38. The van der Waals surface area contributed by atoms with Gasteiger partial charge in [-0.3, -0.25) is 9.59 Å². The lowest BCUT2D eigenvalue weighted by atomic mass is 9.78. The molecule has 0 radical (unpaired) electrons. The molecule has 0 aliphatic carbocycles. The Hall–Kier alpha value is -2.12. The van der Waals surface area contributed by atoms with E-state index in [2.05, 4.69) is 0 Å². The van der Waals surface area contributed by atoms with Crippen LogP contribution >= 0.6 is 0 Å². The minimum Gasteiger partial charge on any atom is -0.465 e. The van der Waals surface area contributed by atoms with Crippen LogP contribution in [0.4, 0.5) is 9.59 Å². The third kappa shape index (κ3) is 5.05. The van der Waals surface area contributed by atoms with Gasteiger partial charge >= 0.3 is 12.2 Å². The van der Waals surface area contributed by atoms with E-state index in [1.54, 1.807) is 20.8 Å². The number of carbonyl (C=O) groups excluding carboxylic acids is 2. The summed E-state index contributed by atoms with van der Waals surface area (Å²) >= 11 is 0. The average Bonchev–Trinajstić information content (AvgIpc) is 2.31. The lowest BCUT2D eigenvalue weighted by molar-refractivity contribution is -0.130. The maximum Gasteiger partial charge on any atom is 0.414 e. The number of carbonyl (C=O) groups is 4. The highest BCUT2D eigenvalue weighted by atomic mass is 16.4. The summed E-state index contributed by atoms with van der Waals surface area (Å²) in [6.07, 6.45) is -2.81. The Balaban J connectivity index is 5.43. The fourth-order valence-corrected chi connectivity index (χ4v) is 1.76. The molecule has 0 spiro atoms. The van der Waals surface area contributed by atoms with Gasteiger partial charge in [0.2, 0.25) is 11.8 Å². The van der Waals surface area contributed by atoms with Gasteiger partial charge in [0, 0.05) is 32.4 Å². The van der Waals surface area contributed by atoms with E-state index in [0.717, 1.165) is 13.8 Å². The third-order valence-corrected chi connectivity index (χ3v) is 3.65. The zero-order valence-electron chi connectivity index (χ0n) is 12.9. The van der Waals surface area contributed by atoms with Crippen LogP contribution in [0.5, 0.6) is 0 Å². The zero-order valence-corrected chi connectivity index (χ0v) is 12.9. The van der Waals surface area contributed by atoms with Crippen molar-refractivity contribution >= 4 is 24.0 Å². The Kier molecular flexibility index (Phi) is 6.34. The topological polar surface area (TPSA) is 115 Å². The summed E-state index contributed by atoms with van der Waals surface area (Å²) in [7, 11) is 0. The van der Waals surface area contributed by atoms with Gasteiger partial charge in [0.25, 0.3) is 0 Å². The van der Waals surface area contributed by atoms with Crippen molar-refractivity contribution in [3.8, 4) is 0 Å². The fourth-order valence-electron chi connectivity index (χ4n) is 1.76.